The molecule has 1 atom stereocenters. The molecule has 6 nitrogen and oxygen atoms in total. The van der Waals surface area contributed by atoms with E-state index >= 15 is 0 Å². The molecule has 1 unspecified atom stereocenters. The fourth-order valence-electron chi connectivity index (χ4n) is 1.64. The van der Waals surface area contributed by atoms with Gasteiger partial charge in [0.25, 0.3) is 0 Å². The molecule has 0 saturated carbocycles. The van der Waals surface area contributed by atoms with Gasteiger partial charge in [0.1, 0.15) is 5.25 Å². The predicted octanol–water partition coefficient (Wildman–Crippen LogP) is 1.39. The van der Waals surface area contributed by atoms with E-state index in [1.165, 1.54) is 0 Å². The number of benzene rings is 1. The summed E-state index contributed by atoms with van der Waals surface area (Å²) in [5.74, 6) is -1.36. The molecule has 0 spiro atoms. The van der Waals surface area contributed by atoms with Crippen LogP contribution in [0.15, 0.2) is 34.5 Å². The zero-order valence-electron chi connectivity index (χ0n) is 10.7. The van der Waals surface area contributed by atoms with Gasteiger partial charge in [0.15, 0.2) is 5.17 Å². The Balaban J connectivity index is 1.99. The van der Waals surface area contributed by atoms with Gasteiger partial charge in [-0.05, 0) is 12.5 Å². The summed E-state index contributed by atoms with van der Waals surface area (Å²) in [7, 11) is 0. The van der Waals surface area contributed by atoms with E-state index in [0.29, 0.717) is 5.17 Å². The van der Waals surface area contributed by atoms with Crippen molar-refractivity contribution in [1.82, 2.24) is 5.32 Å². The highest BCUT2D eigenvalue weighted by Crippen LogP contribution is 2.22. The van der Waals surface area contributed by atoms with Crippen LogP contribution in [0.2, 0.25) is 0 Å². The van der Waals surface area contributed by atoms with E-state index in [2.05, 4.69) is 15.5 Å². The van der Waals surface area contributed by atoms with E-state index in [9.17, 15) is 9.59 Å². The van der Waals surface area contributed by atoms with Gasteiger partial charge in [-0.1, -0.05) is 41.6 Å². The van der Waals surface area contributed by atoms with Crippen LogP contribution in [0.4, 0.5) is 0 Å². The normalized spacial score (nSPS) is 20.6. The molecule has 7 heteroatoms. The summed E-state index contributed by atoms with van der Waals surface area (Å²) in [5.41, 5.74) is 2.03. The Bertz CT molecular complexity index is 598. The van der Waals surface area contributed by atoms with E-state index in [1.54, 1.807) is 6.21 Å². The van der Waals surface area contributed by atoms with Crippen LogP contribution in [0.25, 0.3) is 0 Å². The number of aryl methyl sites for hydroxylation is 1. The van der Waals surface area contributed by atoms with Crippen molar-refractivity contribution >= 4 is 35.0 Å². The molecule has 2 N–H and O–H groups in total. The number of carbonyl (C=O) groups excluding carboxylic acids is 1. The molecule has 1 saturated heterocycles. The minimum Gasteiger partial charge on any atom is -0.481 e. The number of amidine groups is 1. The van der Waals surface area contributed by atoms with Crippen LogP contribution in [-0.4, -0.2) is 33.6 Å². The molecule has 0 aromatic heterocycles. The summed E-state index contributed by atoms with van der Waals surface area (Å²) in [4.78, 5) is 22.0. The third-order valence-corrected chi connectivity index (χ3v) is 3.61. The first-order chi connectivity index (χ1) is 9.54. The number of nitrogens with zero attached hydrogens (tertiary/aromatic N) is 2. The molecular formula is C13H13N3O3S. The molecule has 2 rings (SSSR count). The molecule has 1 heterocycles. The van der Waals surface area contributed by atoms with Crippen LogP contribution >= 0.6 is 11.8 Å². The lowest BCUT2D eigenvalue weighted by molar-refractivity contribution is -0.138. The number of rotatable bonds is 4. The number of carboxylic acid groups (broad SMARTS) is 1. The quantitative estimate of drug-likeness (QED) is 0.648. The lowest BCUT2D eigenvalue weighted by Gasteiger charge is -1.97. The monoisotopic (exact) mass is 291 g/mol. The highest BCUT2D eigenvalue weighted by Gasteiger charge is 2.32. The minimum absolute atomic E-state index is 0.225. The van der Waals surface area contributed by atoms with Gasteiger partial charge in [0.2, 0.25) is 5.91 Å². The second-order valence-electron chi connectivity index (χ2n) is 4.26. The van der Waals surface area contributed by atoms with Gasteiger partial charge in [-0.3, -0.25) is 9.59 Å². The Morgan fingerprint density at radius 2 is 2.35 bits per heavy atom. The predicted molar refractivity (Wildman–Crippen MR) is 78.0 cm³/mol. The first-order valence-corrected chi connectivity index (χ1v) is 6.79. The number of amides is 1. The van der Waals surface area contributed by atoms with Gasteiger partial charge in [-0.15, -0.1) is 5.10 Å². The van der Waals surface area contributed by atoms with Gasteiger partial charge in [-0.25, -0.2) is 0 Å². The maximum atomic E-state index is 11.5. The van der Waals surface area contributed by atoms with Crippen molar-refractivity contribution in [3.05, 3.63) is 35.4 Å². The van der Waals surface area contributed by atoms with Gasteiger partial charge < -0.3 is 10.4 Å². The number of carboxylic acids is 1. The van der Waals surface area contributed by atoms with Crippen LogP contribution in [0.1, 0.15) is 17.5 Å². The third kappa shape index (κ3) is 3.92. The van der Waals surface area contributed by atoms with E-state index in [4.69, 9.17) is 5.11 Å². The molecule has 0 bridgehead atoms. The van der Waals surface area contributed by atoms with Crippen molar-refractivity contribution in [2.24, 2.45) is 10.2 Å². The highest BCUT2D eigenvalue weighted by atomic mass is 32.2. The largest absolute Gasteiger partial charge is 0.481 e. The summed E-state index contributed by atoms with van der Waals surface area (Å²) in [6.07, 6.45) is 1.36. The minimum atomic E-state index is -1.01. The molecule has 1 aliphatic rings. The number of aliphatic carboxylic acids is 1. The van der Waals surface area contributed by atoms with Crippen molar-refractivity contribution < 1.29 is 14.7 Å². The average molecular weight is 291 g/mol. The Labute approximate surface area is 120 Å². The molecule has 1 aromatic rings. The van der Waals surface area contributed by atoms with Crippen molar-refractivity contribution in [1.29, 1.82) is 0 Å². The first-order valence-electron chi connectivity index (χ1n) is 5.91. The van der Waals surface area contributed by atoms with Gasteiger partial charge in [0, 0.05) is 0 Å². The second-order valence-corrected chi connectivity index (χ2v) is 5.45. The summed E-state index contributed by atoms with van der Waals surface area (Å²) in [5, 5.41) is 18.6. The number of hydrogen-bond acceptors (Lipinski definition) is 5. The fourth-order valence-corrected chi connectivity index (χ4v) is 2.56. The Morgan fingerprint density at radius 3 is 3.05 bits per heavy atom. The van der Waals surface area contributed by atoms with Crippen LogP contribution in [-0.2, 0) is 9.59 Å². The highest BCUT2D eigenvalue weighted by molar-refractivity contribution is 8.15. The zero-order valence-corrected chi connectivity index (χ0v) is 11.6. The summed E-state index contributed by atoms with van der Waals surface area (Å²) >= 11 is 1.08. The van der Waals surface area contributed by atoms with Crippen LogP contribution < -0.4 is 5.32 Å². The number of carbonyl (C=O) groups is 2. The molecule has 1 fully saturated rings. The number of hydrogen-bond donors (Lipinski definition) is 2. The van der Waals surface area contributed by atoms with E-state index < -0.39 is 11.2 Å². The molecule has 0 aliphatic carbocycles. The Morgan fingerprint density at radius 1 is 1.55 bits per heavy atom. The maximum Gasteiger partial charge on any atom is 0.305 e. The van der Waals surface area contributed by atoms with E-state index in [-0.39, 0.29) is 12.3 Å². The van der Waals surface area contributed by atoms with Crippen LogP contribution in [0.5, 0.6) is 0 Å². The zero-order chi connectivity index (χ0) is 14.5. The lowest BCUT2D eigenvalue weighted by Crippen LogP contribution is -2.26. The SMILES string of the molecule is Cc1cccc(C=NN=C2NC(=O)C(CC(=O)O)S2)c1. The Hall–Kier alpha value is -2.15. The van der Waals surface area contributed by atoms with E-state index in [0.717, 1.165) is 22.9 Å². The van der Waals surface area contributed by atoms with Crippen LogP contribution in [0, 0.1) is 6.92 Å². The van der Waals surface area contributed by atoms with Gasteiger partial charge in [-0.2, -0.15) is 5.10 Å². The fraction of sp³-hybridized carbons (Fsp3) is 0.231. The molecule has 20 heavy (non-hydrogen) atoms. The first kappa shape index (κ1) is 14.3. The third-order valence-electron chi connectivity index (χ3n) is 2.53. The van der Waals surface area contributed by atoms with Crippen molar-refractivity contribution in [3.8, 4) is 0 Å². The van der Waals surface area contributed by atoms with Crippen LogP contribution in [0.3, 0.4) is 0 Å². The van der Waals surface area contributed by atoms with Crippen molar-refractivity contribution in [2.75, 3.05) is 0 Å². The van der Waals surface area contributed by atoms with E-state index in [1.807, 2.05) is 31.2 Å². The molecule has 1 aliphatic heterocycles. The lowest BCUT2D eigenvalue weighted by atomic mass is 10.2. The molecular weight excluding hydrogens is 278 g/mol. The van der Waals surface area contributed by atoms with Gasteiger partial charge in [0.05, 0.1) is 12.6 Å². The van der Waals surface area contributed by atoms with Crippen molar-refractivity contribution in [3.63, 3.8) is 0 Å². The standard InChI is InChI=1S/C13H13N3O3S/c1-8-3-2-4-9(5-8)7-14-16-13-15-12(19)10(20-13)6-11(17)18/h2-5,7,10H,6H2,1H3,(H,17,18)(H,15,16,19). The van der Waals surface area contributed by atoms with Gasteiger partial charge >= 0.3 is 5.97 Å². The summed E-state index contributed by atoms with van der Waals surface area (Å²) in [6.45, 7) is 1.98. The number of nitrogens with one attached hydrogen (secondary N) is 1. The number of thioether (sulfide) groups is 1. The molecule has 1 aromatic carbocycles. The smallest absolute Gasteiger partial charge is 0.305 e. The maximum absolute atomic E-state index is 11.5. The van der Waals surface area contributed by atoms with Crippen molar-refractivity contribution in [2.45, 2.75) is 18.6 Å². The summed E-state index contributed by atoms with van der Waals surface area (Å²) in [6, 6.07) is 7.74. The molecule has 0 radical (unpaired) electrons. The second kappa shape index (κ2) is 6.33. The average Bonchev–Trinajstić information content (AvgIpc) is 2.69. The Kier molecular flexibility index (Phi) is 4.52. The topological polar surface area (TPSA) is 91.1 Å². The molecule has 104 valence electrons. The summed E-state index contributed by atoms with van der Waals surface area (Å²) < 4.78 is 0. The molecule has 1 amide bonds.